The number of hydrogen-bond acceptors (Lipinski definition) is 3. The third-order valence-corrected chi connectivity index (χ3v) is 3.68. The quantitative estimate of drug-likeness (QED) is 0.859. The summed E-state index contributed by atoms with van der Waals surface area (Å²) in [5, 5.41) is 2.63. The molecule has 0 unspecified atom stereocenters. The first-order chi connectivity index (χ1) is 10.2. The zero-order valence-electron chi connectivity index (χ0n) is 12.5. The van der Waals surface area contributed by atoms with Gasteiger partial charge in [0.1, 0.15) is 5.60 Å². The number of halogens is 3. The van der Waals surface area contributed by atoms with Gasteiger partial charge in [-0.05, 0) is 44.0 Å². The number of rotatable bonds is 3. The second kappa shape index (κ2) is 6.50. The molecule has 1 amide bonds. The van der Waals surface area contributed by atoms with Crippen LogP contribution in [-0.4, -0.2) is 24.4 Å². The summed E-state index contributed by atoms with van der Waals surface area (Å²) in [6, 6.07) is 4.77. The average molecular weight is 378 g/mol. The van der Waals surface area contributed by atoms with E-state index in [1.807, 2.05) is 6.07 Å². The molecule has 2 rings (SSSR count). The van der Waals surface area contributed by atoms with Crippen molar-refractivity contribution >= 4 is 22.0 Å². The smallest absolute Gasteiger partial charge is 0.408 e. The second-order valence-corrected chi connectivity index (χ2v) is 7.02. The first-order valence-corrected chi connectivity index (χ1v) is 7.66. The molecule has 2 atom stereocenters. The summed E-state index contributed by atoms with van der Waals surface area (Å²) >= 11 is 3.35. The van der Waals surface area contributed by atoms with E-state index < -0.39 is 30.5 Å². The zero-order valence-corrected chi connectivity index (χ0v) is 14.1. The number of alkyl halides is 2. The Morgan fingerprint density at radius 3 is 2.68 bits per heavy atom. The number of ether oxygens (including phenoxy) is 2. The molecule has 1 aromatic carbocycles. The Balaban J connectivity index is 2.19. The molecule has 4 nitrogen and oxygen atoms in total. The molecule has 0 saturated heterocycles. The fraction of sp³-hybridized carbons (Fsp3) is 0.533. The van der Waals surface area contributed by atoms with Crippen molar-refractivity contribution in [1.29, 1.82) is 0 Å². The maximum atomic E-state index is 12.6. The van der Waals surface area contributed by atoms with Crippen LogP contribution in [-0.2, 0) is 15.9 Å². The van der Waals surface area contributed by atoms with Gasteiger partial charge in [0.2, 0.25) is 0 Å². The number of nitrogens with one attached hydrogen (secondary N) is 1. The topological polar surface area (TPSA) is 47.6 Å². The fourth-order valence-corrected chi connectivity index (χ4v) is 2.86. The van der Waals surface area contributed by atoms with Crippen molar-refractivity contribution in [3.8, 4) is 0 Å². The number of carbonyl (C=O) groups is 1. The number of alkyl carbamates (subject to hydrolysis) is 1. The summed E-state index contributed by atoms with van der Waals surface area (Å²) in [5.41, 5.74) is 0.963. The highest BCUT2D eigenvalue weighted by atomic mass is 79.9. The molecule has 1 aliphatic carbocycles. The first kappa shape index (κ1) is 17.1. The molecule has 1 aromatic rings. The molecule has 0 radical (unpaired) electrons. The number of carbonyl (C=O) groups excluding carboxylic acids is 1. The van der Waals surface area contributed by atoms with E-state index in [2.05, 4.69) is 26.0 Å². The van der Waals surface area contributed by atoms with Crippen LogP contribution in [0.5, 0.6) is 0 Å². The Labute approximate surface area is 136 Å². The lowest BCUT2D eigenvalue weighted by Crippen LogP contribution is -2.39. The standard InChI is InChI=1S/C15H18BrF2NO3/c1-15(2,3)22-14(20)19-12-10-5-4-9(16)6-8(10)7-11(12)21-13(17)18/h4-6,11-13H,7H2,1-3H3,(H,19,20)/t11-,12+/m1/s1. The van der Waals surface area contributed by atoms with Crippen LogP contribution < -0.4 is 5.32 Å². The van der Waals surface area contributed by atoms with Crippen molar-refractivity contribution < 1.29 is 23.0 Å². The van der Waals surface area contributed by atoms with E-state index in [4.69, 9.17) is 4.74 Å². The van der Waals surface area contributed by atoms with E-state index in [1.54, 1.807) is 32.9 Å². The number of fused-ring (bicyclic) bond motifs is 1. The van der Waals surface area contributed by atoms with E-state index in [9.17, 15) is 13.6 Å². The molecule has 0 spiro atoms. The summed E-state index contributed by atoms with van der Waals surface area (Å²) in [4.78, 5) is 11.9. The largest absolute Gasteiger partial charge is 0.444 e. The Morgan fingerprint density at radius 2 is 2.09 bits per heavy atom. The third kappa shape index (κ3) is 4.39. The molecule has 1 N–H and O–H groups in total. The molecule has 22 heavy (non-hydrogen) atoms. The minimum Gasteiger partial charge on any atom is -0.444 e. The van der Waals surface area contributed by atoms with Gasteiger partial charge in [-0.15, -0.1) is 0 Å². The minimum absolute atomic E-state index is 0.305. The molecule has 0 heterocycles. The molecule has 7 heteroatoms. The van der Waals surface area contributed by atoms with Crippen LogP contribution in [0.3, 0.4) is 0 Å². The van der Waals surface area contributed by atoms with Crippen LogP contribution in [0.2, 0.25) is 0 Å². The summed E-state index contributed by atoms with van der Waals surface area (Å²) in [7, 11) is 0. The van der Waals surface area contributed by atoms with Crippen molar-refractivity contribution in [1.82, 2.24) is 5.32 Å². The summed E-state index contributed by atoms with van der Waals surface area (Å²) in [5.74, 6) is 0. The molecule has 122 valence electrons. The summed E-state index contributed by atoms with van der Waals surface area (Å²) < 4.78 is 35.9. The van der Waals surface area contributed by atoms with Gasteiger partial charge in [0.15, 0.2) is 0 Å². The van der Waals surface area contributed by atoms with E-state index in [0.29, 0.717) is 6.42 Å². The SMILES string of the molecule is CC(C)(C)OC(=O)N[C@H]1c2ccc(Br)cc2C[C@H]1OC(F)F. The average Bonchev–Trinajstić information content (AvgIpc) is 2.63. The molecular formula is C15H18BrF2NO3. The monoisotopic (exact) mass is 377 g/mol. The summed E-state index contributed by atoms with van der Waals surface area (Å²) in [6.07, 6.45) is -1.17. The van der Waals surface area contributed by atoms with E-state index in [-0.39, 0.29) is 0 Å². The Morgan fingerprint density at radius 1 is 1.41 bits per heavy atom. The van der Waals surface area contributed by atoms with Gasteiger partial charge in [-0.2, -0.15) is 8.78 Å². The lowest BCUT2D eigenvalue weighted by Gasteiger charge is -2.25. The van der Waals surface area contributed by atoms with Gasteiger partial charge in [0, 0.05) is 10.9 Å². The van der Waals surface area contributed by atoms with Gasteiger partial charge < -0.3 is 14.8 Å². The number of amides is 1. The highest BCUT2D eigenvalue weighted by Gasteiger charge is 2.37. The molecule has 0 aliphatic heterocycles. The number of hydrogen-bond donors (Lipinski definition) is 1. The lowest BCUT2D eigenvalue weighted by atomic mass is 10.1. The van der Waals surface area contributed by atoms with E-state index >= 15 is 0 Å². The normalized spacial score (nSPS) is 20.9. The third-order valence-electron chi connectivity index (χ3n) is 3.18. The molecule has 0 fully saturated rings. The van der Waals surface area contributed by atoms with Crippen LogP contribution in [0.15, 0.2) is 22.7 Å². The Hall–Kier alpha value is -1.21. The van der Waals surface area contributed by atoms with Gasteiger partial charge >= 0.3 is 12.7 Å². The van der Waals surface area contributed by atoms with Gasteiger partial charge in [-0.1, -0.05) is 22.0 Å². The van der Waals surface area contributed by atoms with Crippen molar-refractivity contribution in [3.05, 3.63) is 33.8 Å². The predicted molar refractivity (Wildman–Crippen MR) is 80.8 cm³/mol. The minimum atomic E-state index is -2.90. The maximum absolute atomic E-state index is 12.6. The molecule has 0 bridgehead atoms. The van der Waals surface area contributed by atoms with Gasteiger partial charge in [0.25, 0.3) is 0 Å². The van der Waals surface area contributed by atoms with Crippen LogP contribution >= 0.6 is 15.9 Å². The van der Waals surface area contributed by atoms with Crippen LogP contribution in [0.4, 0.5) is 13.6 Å². The van der Waals surface area contributed by atoms with Crippen LogP contribution in [0, 0.1) is 0 Å². The molecule has 0 aromatic heterocycles. The van der Waals surface area contributed by atoms with Crippen LogP contribution in [0.1, 0.15) is 37.9 Å². The predicted octanol–water partition coefficient (Wildman–Crippen LogP) is 4.18. The molecular weight excluding hydrogens is 360 g/mol. The molecule has 0 saturated carbocycles. The van der Waals surface area contributed by atoms with Crippen molar-refractivity contribution in [2.24, 2.45) is 0 Å². The van der Waals surface area contributed by atoms with Crippen molar-refractivity contribution in [2.45, 2.75) is 51.6 Å². The van der Waals surface area contributed by atoms with Gasteiger partial charge in [-0.25, -0.2) is 4.79 Å². The van der Waals surface area contributed by atoms with Crippen LogP contribution in [0.25, 0.3) is 0 Å². The van der Waals surface area contributed by atoms with Gasteiger partial charge in [-0.3, -0.25) is 0 Å². The summed E-state index contributed by atoms with van der Waals surface area (Å²) in [6.45, 7) is 2.31. The number of benzene rings is 1. The highest BCUT2D eigenvalue weighted by Crippen LogP contribution is 2.36. The van der Waals surface area contributed by atoms with Gasteiger partial charge in [0.05, 0.1) is 12.1 Å². The maximum Gasteiger partial charge on any atom is 0.408 e. The second-order valence-electron chi connectivity index (χ2n) is 6.11. The Bertz CT molecular complexity index is 560. The zero-order chi connectivity index (χ0) is 16.5. The first-order valence-electron chi connectivity index (χ1n) is 6.87. The Kier molecular flexibility index (Phi) is 5.07. The fourth-order valence-electron chi connectivity index (χ4n) is 2.45. The lowest BCUT2D eigenvalue weighted by molar-refractivity contribution is -0.167. The van der Waals surface area contributed by atoms with E-state index in [1.165, 1.54) is 0 Å². The van der Waals surface area contributed by atoms with Crippen molar-refractivity contribution in [2.75, 3.05) is 0 Å². The molecule has 1 aliphatic rings. The van der Waals surface area contributed by atoms with Crippen molar-refractivity contribution in [3.63, 3.8) is 0 Å². The highest BCUT2D eigenvalue weighted by molar-refractivity contribution is 9.10. The van der Waals surface area contributed by atoms with E-state index in [0.717, 1.165) is 15.6 Å².